The molecule has 1 aromatic heterocycles. The highest BCUT2D eigenvalue weighted by Crippen LogP contribution is 2.37. The molecule has 0 saturated carbocycles. The number of nitrogens with one attached hydrogen (secondary N) is 1. The van der Waals surface area contributed by atoms with E-state index in [-0.39, 0.29) is 11.5 Å². The first-order valence-electron chi connectivity index (χ1n) is 12.0. The number of hydrogen-bond donors (Lipinski definition) is 1. The summed E-state index contributed by atoms with van der Waals surface area (Å²) < 4.78 is 6.39. The maximum atomic E-state index is 13.1. The Morgan fingerprint density at radius 3 is 2.61 bits per heavy atom. The van der Waals surface area contributed by atoms with E-state index < -0.39 is 0 Å². The van der Waals surface area contributed by atoms with Crippen molar-refractivity contribution >= 4 is 16.8 Å². The van der Waals surface area contributed by atoms with Crippen LogP contribution in [0.25, 0.3) is 10.9 Å². The number of benzene rings is 1. The lowest BCUT2D eigenvalue weighted by Gasteiger charge is -2.50. The van der Waals surface area contributed by atoms with Crippen LogP contribution in [0.2, 0.25) is 0 Å². The number of piperazine rings is 1. The van der Waals surface area contributed by atoms with E-state index in [2.05, 4.69) is 28.6 Å². The van der Waals surface area contributed by atoms with Crippen molar-refractivity contribution in [2.45, 2.75) is 57.2 Å². The fourth-order valence-corrected chi connectivity index (χ4v) is 5.77. The van der Waals surface area contributed by atoms with Crippen LogP contribution in [0.5, 0.6) is 0 Å². The molecular weight excluding hydrogens is 388 g/mol. The quantitative estimate of drug-likeness (QED) is 0.821. The monoisotopic (exact) mass is 424 g/mol. The van der Waals surface area contributed by atoms with Crippen LogP contribution in [0.3, 0.4) is 0 Å². The topological polar surface area (TPSA) is 51.8 Å². The van der Waals surface area contributed by atoms with E-state index in [0.29, 0.717) is 12.1 Å². The SMILES string of the molecule is CC(C)N1CCN([C@@H]2CCOC3(CCN(C(=O)c4ccc5[nH]ccc5c4)CC3)C2)CC1. The molecule has 3 aliphatic rings. The Morgan fingerprint density at radius 1 is 1.10 bits per heavy atom. The molecule has 31 heavy (non-hydrogen) atoms. The van der Waals surface area contributed by atoms with Crippen LogP contribution in [-0.4, -0.2) is 89.2 Å². The molecular formula is C25H36N4O2. The molecule has 3 fully saturated rings. The van der Waals surface area contributed by atoms with Gasteiger partial charge in [-0.1, -0.05) is 0 Å². The molecule has 2 aromatic rings. The molecule has 1 spiro atoms. The highest BCUT2D eigenvalue weighted by atomic mass is 16.5. The van der Waals surface area contributed by atoms with Crippen molar-refractivity contribution in [3.05, 3.63) is 36.0 Å². The van der Waals surface area contributed by atoms with E-state index in [1.54, 1.807) is 0 Å². The van der Waals surface area contributed by atoms with Crippen LogP contribution in [0.15, 0.2) is 30.5 Å². The number of H-pyrrole nitrogens is 1. The number of hydrogen-bond acceptors (Lipinski definition) is 4. The number of amides is 1. The summed E-state index contributed by atoms with van der Waals surface area (Å²) in [6.45, 7) is 11.7. The van der Waals surface area contributed by atoms with Gasteiger partial charge in [-0.25, -0.2) is 0 Å². The maximum absolute atomic E-state index is 13.1. The molecule has 6 nitrogen and oxygen atoms in total. The van der Waals surface area contributed by atoms with E-state index in [4.69, 9.17) is 4.74 Å². The molecule has 1 amide bonds. The van der Waals surface area contributed by atoms with Crippen molar-refractivity contribution in [3.8, 4) is 0 Å². The van der Waals surface area contributed by atoms with Crippen molar-refractivity contribution in [2.24, 2.45) is 0 Å². The van der Waals surface area contributed by atoms with Gasteiger partial charge in [0.25, 0.3) is 5.91 Å². The predicted molar refractivity (Wildman–Crippen MR) is 123 cm³/mol. The molecule has 168 valence electrons. The average molecular weight is 425 g/mol. The first-order chi connectivity index (χ1) is 15.0. The number of carbonyl (C=O) groups excluding carboxylic acids is 1. The third-order valence-corrected chi connectivity index (χ3v) is 7.82. The van der Waals surface area contributed by atoms with Crippen LogP contribution >= 0.6 is 0 Å². The number of aromatic amines is 1. The normalized spacial score (nSPS) is 25.5. The zero-order valence-electron chi connectivity index (χ0n) is 19.0. The lowest BCUT2D eigenvalue weighted by atomic mass is 9.81. The third-order valence-electron chi connectivity index (χ3n) is 7.82. The second-order valence-corrected chi connectivity index (χ2v) is 9.92. The first-order valence-corrected chi connectivity index (χ1v) is 12.0. The summed E-state index contributed by atoms with van der Waals surface area (Å²) in [6, 6.07) is 9.23. The molecule has 6 heteroatoms. The Bertz CT molecular complexity index is 907. The molecule has 4 heterocycles. The van der Waals surface area contributed by atoms with Crippen molar-refractivity contribution < 1.29 is 9.53 Å². The second kappa shape index (κ2) is 8.57. The zero-order valence-corrected chi connectivity index (χ0v) is 19.0. The van der Waals surface area contributed by atoms with Gasteiger partial charge >= 0.3 is 0 Å². The summed E-state index contributed by atoms with van der Waals surface area (Å²) in [5.41, 5.74) is 1.82. The Balaban J connectivity index is 1.18. The lowest BCUT2D eigenvalue weighted by Crippen LogP contribution is -2.58. The largest absolute Gasteiger partial charge is 0.375 e. The van der Waals surface area contributed by atoms with Crippen LogP contribution in [0, 0.1) is 0 Å². The summed E-state index contributed by atoms with van der Waals surface area (Å²) in [4.78, 5) is 23.6. The van der Waals surface area contributed by atoms with E-state index in [1.165, 1.54) is 26.2 Å². The average Bonchev–Trinajstić information content (AvgIpc) is 3.27. The summed E-state index contributed by atoms with van der Waals surface area (Å²) in [7, 11) is 0. The van der Waals surface area contributed by atoms with Crippen molar-refractivity contribution in [1.29, 1.82) is 0 Å². The number of ether oxygens (including phenoxy) is 1. The van der Waals surface area contributed by atoms with Crippen LogP contribution in [0.4, 0.5) is 0 Å². The highest BCUT2D eigenvalue weighted by Gasteiger charge is 2.43. The van der Waals surface area contributed by atoms with Crippen LogP contribution in [-0.2, 0) is 4.74 Å². The molecule has 0 bridgehead atoms. The molecule has 3 aliphatic heterocycles. The summed E-state index contributed by atoms with van der Waals surface area (Å²) in [6.07, 6.45) is 6.08. The van der Waals surface area contributed by atoms with Crippen LogP contribution < -0.4 is 0 Å². The van der Waals surface area contributed by atoms with Gasteiger partial charge in [0.15, 0.2) is 0 Å². The van der Waals surface area contributed by atoms with Gasteiger partial charge in [0.2, 0.25) is 0 Å². The standard InChI is InChI=1S/C25H36N4O2/c1-19(2)27-12-14-28(15-13-27)22-6-16-31-25(18-22)7-10-29(11-8-25)24(30)21-3-4-23-20(17-21)5-9-26-23/h3-5,9,17,19,22,26H,6-8,10-16,18H2,1-2H3/t22-/m1/s1. The lowest BCUT2D eigenvalue weighted by molar-refractivity contribution is -0.132. The molecule has 0 radical (unpaired) electrons. The number of likely N-dealkylation sites (tertiary alicyclic amines) is 1. The fraction of sp³-hybridized carbons (Fsp3) is 0.640. The number of carbonyl (C=O) groups is 1. The maximum Gasteiger partial charge on any atom is 0.253 e. The number of rotatable bonds is 3. The van der Waals surface area contributed by atoms with E-state index in [0.717, 1.165) is 61.8 Å². The smallest absolute Gasteiger partial charge is 0.253 e. The molecule has 0 unspecified atom stereocenters. The number of piperidine rings is 1. The Kier molecular flexibility index (Phi) is 5.80. The predicted octanol–water partition coefficient (Wildman–Crippen LogP) is 3.35. The Labute approximate surface area is 185 Å². The zero-order chi connectivity index (χ0) is 21.4. The van der Waals surface area contributed by atoms with E-state index >= 15 is 0 Å². The van der Waals surface area contributed by atoms with Gasteiger partial charge in [0.1, 0.15) is 0 Å². The van der Waals surface area contributed by atoms with Crippen LogP contribution in [0.1, 0.15) is 49.9 Å². The Hall–Kier alpha value is -1.89. The highest BCUT2D eigenvalue weighted by molar-refractivity contribution is 5.98. The third kappa shape index (κ3) is 4.26. The molecule has 3 saturated heterocycles. The van der Waals surface area contributed by atoms with Crippen molar-refractivity contribution in [3.63, 3.8) is 0 Å². The summed E-state index contributed by atoms with van der Waals surface area (Å²) in [5.74, 6) is 0.148. The number of aromatic nitrogens is 1. The van der Waals surface area contributed by atoms with Crippen molar-refractivity contribution in [1.82, 2.24) is 19.7 Å². The summed E-state index contributed by atoms with van der Waals surface area (Å²) >= 11 is 0. The van der Waals surface area contributed by atoms with E-state index in [9.17, 15) is 4.79 Å². The molecule has 5 rings (SSSR count). The van der Waals surface area contributed by atoms with Gasteiger partial charge in [-0.15, -0.1) is 0 Å². The fourth-order valence-electron chi connectivity index (χ4n) is 5.77. The Morgan fingerprint density at radius 2 is 1.87 bits per heavy atom. The van der Waals surface area contributed by atoms with Gasteiger partial charge < -0.3 is 14.6 Å². The van der Waals surface area contributed by atoms with Gasteiger partial charge in [-0.05, 0) is 63.8 Å². The van der Waals surface area contributed by atoms with Gasteiger partial charge in [-0.2, -0.15) is 0 Å². The molecule has 1 N–H and O–H groups in total. The first kappa shape index (κ1) is 21.0. The number of fused-ring (bicyclic) bond motifs is 1. The minimum Gasteiger partial charge on any atom is -0.375 e. The minimum absolute atomic E-state index is 0.0422. The molecule has 1 aromatic carbocycles. The molecule has 1 atom stereocenters. The van der Waals surface area contributed by atoms with Crippen molar-refractivity contribution in [2.75, 3.05) is 45.9 Å². The van der Waals surface area contributed by atoms with Gasteiger partial charge in [0, 0.05) is 80.6 Å². The summed E-state index contributed by atoms with van der Waals surface area (Å²) in [5, 5.41) is 1.09. The number of nitrogens with zero attached hydrogens (tertiary/aromatic N) is 3. The van der Waals surface area contributed by atoms with E-state index in [1.807, 2.05) is 35.4 Å². The molecule has 0 aliphatic carbocycles. The van der Waals surface area contributed by atoms with Gasteiger partial charge in [0.05, 0.1) is 5.60 Å². The minimum atomic E-state index is -0.0422. The van der Waals surface area contributed by atoms with Gasteiger partial charge in [-0.3, -0.25) is 14.6 Å². The second-order valence-electron chi connectivity index (χ2n) is 9.92.